The van der Waals surface area contributed by atoms with Crippen molar-refractivity contribution in [3.8, 4) is 5.75 Å². The fraction of sp³-hybridized carbons (Fsp3) is 0.429. The molecule has 1 heterocycles. The Morgan fingerprint density at radius 1 is 1.18 bits per heavy atom. The third kappa shape index (κ3) is 4.49. The molecule has 1 aliphatic rings. The molecule has 0 amide bonds. The van der Waals surface area contributed by atoms with E-state index in [9.17, 15) is 20.4 Å². The van der Waals surface area contributed by atoms with E-state index in [1.54, 1.807) is 0 Å². The van der Waals surface area contributed by atoms with Gasteiger partial charge in [0.25, 0.3) is 0 Å². The first-order chi connectivity index (χ1) is 18.6. The molecule has 1 aliphatic heterocycles. The van der Waals surface area contributed by atoms with Gasteiger partial charge < -0.3 is 29.9 Å². The lowest BCUT2D eigenvalue weighted by Gasteiger charge is -2.40. The van der Waals surface area contributed by atoms with Crippen LogP contribution >= 0.6 is 11.6 Å². The minimum Gasteiger partial charge on any atom is -0.494 e. The van der Waals surface area contributed by atoms with Crippen molar-refractivity contribution in [3.05, 3.63) is 64.0 Å². The van der Waals surface area contributed by atoms with Gasteiger partial charge in [0.05, 0.1) is 26.9 Å². The van der Waals surface area contributed by atoms with Crippen LogP contribution in [-0.2, 0) is 11.2 Å². The Kier molecular flexibility index (Phi) is 3.26. The van der Waals surface area contributed by atoms with Crippen LogP contribution in [0.2, 0.25) is 5.02 Å². The van der Waals surface area contributed by atoms with Crippen molar-refractivity contribution in [2.45, 2.75) is 43.8 Å². The van der Waals surface area contributed by atoms with Crippen molar-refractivity contribution in [2.75, 3.05) is 13.2 Å². The van der Waals surface area contributed by atoms with Gasteiger partial charge >= 0.3 is 0 Å². The molecule has 0 unspecified atom stereocenters. The SMILES string of the molecule is [2H]c1c([2H])c([C@]2([2H])O[C@H](CO)[C@@H](O)[C@H](O)[C@H]2O)c([2H])c(Cc2c([2H])c([2H])c(OC([2H])([2H])C([2H])([2H])[2H])c([2H])c2[2H])c1Cl. The van der Waals surface area contributed by atoms with E-state index in [0.717, 1.165) is 0 Å². The van der Waals surface area contributed by atoms with Crippen LogP contribution in [0.15, 0.2) is 42.3 Å². The first-order valence-corrected chi connectivity index (χ1v) is 8.41. The van der Waals surface area contributed by atoms with Crippen molar-refractivity contribution in [3.63, 3.8) is 0 Å². The Balaban J connectivity index is 2.21. The van der Waals surface area contributed by atoms with Gasteiger partial charge in [-0.15, -0.1) is 0 Å². The minimum atomic E-state index is -3.39. The highest BCUT2D eigenvalue weighted by Crippen LogP contribution is 2.34. The van der Waals surface area contributed by atoms with E-state index in [1.807, 2.05) is 0 Å². The first-order valence-electron chi connectivity index (χ1n) is 14.5. The van der Waals surface area contributed by atoms with Crippen molar-refractivity contribution in [1.82, 2.24) is 0 Å². The minimum absolute atomic E-state index is 0.418. The summed E-state index contributed by atoms with van der Waals surface area (Å²) < 4.78 is 114. The van der Waals surface area contributed by atoms with Gasteiger partial charge in [-0.2, -0.15) is 0 Å². The number of hydrogen-bond donors (Lipinski definition) is 4. The molecular formula is C21H25ClO6. The zero-order valence-corrected chi connectivity index (χ0v) is 15.0. The zero-order valence-electron chi connectivity index (χ0n) is 27.2. The summed E-state index contributed by atoms with van der Waals surface area (Å²) in [6.45, 7) is -7.67. The third-order valence-corrected chi connectivity index (χ3v) is 4.35. The van der Waals surface area contributed by atoms with E-state index in [-0.39, 0.29) is 0 Å². The maximum Gasteiger partial charge on any atom is 0.119 e. The molecule has 0 aliphatic carbocycles. The summed E-state index contributed by atoms with van der Waals surface area (Å²) in [6.07, 6.45) is -11.5. The molecule has 0 spiro atoms. The highest BCUT2D eigenvalue weighted by Gasteiger charge is 2.43. The molecule has 5 atom stereocenters. The van der Waals surface area contributed by atoms with Crippen LogP contribution in [0.3, 0.4) is 0 Å². The second-order valence-corrected chi connectivity index (χ2v) is 6.24. The smallest absolute Gasteiger partial charge is 0.119 e. The normalized spacial score (nSPS) is 37.8. The molecule has 28 heavy (non-hydrogen) atoms. The third-order valence-electron chi connectivity index (χ3n) is 4.03. The van der Waals surface area contributed by atoms with Gasteiger partial charge in [-0.1, -0.05) is 35.8 Å². The maximum atomic E-state index is 10.6. The van der Waals surface area contributed by atoms with Gasteiger partial charge in [-0.3, -0.25) is 0 Å². The first kappa shape index (κ1) is 9.89. The highest BCUT2D eigenvalue weighted by molar-refractivity contribution is 6.31. The average molecular weight is 422 g/mol. The lowest BCUT2D eigenvalue weighted by atomic mass is 9.90. The number of aliphatic hydroxyl groups is 4. The number of ether oxygens (including phenoxy) is 2. The predicted molar refractivity (Wildman–Crippen MR) is 105 cm³/mol. The summed E-state index contributed by atoms with van der Waals surface area (Å²) in [6, 6.07) is -6.10. The largest absolute Gasteiger partial charge is 0.494 e. The number of benzene rings is 2. The van der Waals surface area contributed by atoms with Gasteiger partial charge in [0.15, 0.2) is 0 Å². The topological polar surface area (TPSA) is 99.4 Å². The molecule has 0 saturated carbocycles. The van der Waals surface area contributed by atoms with Crippen LogP contribution in [0.5, 0.6) is 5.75 Å². The standard InChI is InChI=1S/C21H25ClO6/c1-2-27-15-6-3-12(4-7-15)9-14-10-13(5-8-16(14)22)21-20(26)19(25)18(24)17(11-23)28-21/h3-8,10,17-21,23-26H,2,9,11H2,1H3/t17-,18-,19+,20-,21+/m1/s1/i1D3,2D2,3D,4D,5D,6D,7D,8D,10D,21D. The van der Waals surface area contributed by atoms with Gasteiger partial charge in [0, 0.05) is 9.13 Å². The molecule has 1 saturated heterocycles. The quantitative estimate of drug-likeness (QED) is 0.568. The van der Waals surface area contributed by atoms with Crippen LogP contribution in [0.1, 0.15) is 47.4 Å². The van der Waals surface area contributed by atoms with E-state index in [2.05, 4.69) is 0 Å². The van der Waals surface area contributed by atoms with Crippen molar-refractivity contribution >= 4 is 11.6 Å². The second-order valence-electron chi connectivity index (χ2n) is 5.86. The van der Waals surface area contributed by atoms with Crippen LogP contribution in [0.25, 0.3) is 0 Å². The van der Waals surface area contributed by atoms with Crippen molar-refractivity contribution in [1.29, 1.82) is 0 Å². The summed E-state index contributed by atoms with van der Waals surface area (Å²) in [5.74, 6) is -1.00. The molecule has 0 bridgehead atoms. The monoisotopic (exact) mass is 421 g/mol. The van der Waals surface area contributed by atoms with Gasteiger partial charge in [-0.05, 0) is 48.1 Å². The Hall–Kier alpha value is -1.67. The van der Waals surface area contributed by atoms with Gasteiger partial charge in [-0.25, -0.2) is 0 Å². The van der Waals surface area contributed by atoms with E-state index < -0.39 is 127 Å². The molecule has 4 N–H and O–H groups in total. The molecular weight excluding hydrogens is 384 g/mol. The fourth-order valence-corrected chi connectivity index (χ4v) is 2.75. The summed E-state index contributed by atoms with van der Waals surface area (Å²) in [4.78, 5) is 0. The number of rotatable bonds is 6. The second kappa shape index (κ2) is 9.22. The van der Waals surface area contributed by atoms with Crippen LogP contribution in [0, 0.1) is 0 Å². The molecule has 7 heteroatoms. The van der Waals surface area contributed by atoms with Gasteiger partial charge in [0.1, 0.15) is 36.2 Å². The fourth-order valence-electron chi connectivity index (χ4n) is 2.59. The van der Waals surface area contributed by atoms with E-state index in [4.69, 9.17) is 38.9 Å². The summed E-state index contributed by atoms with van der Waals surface area (Å²) in [5.41, 5.74) is -1.69. The van der Waals surface area contributed by atoms with E-state index >= 15 is 0 Å². The van der Waals surface area contributed by atoms with Crippen LogP contribution < -0.4 is 4.74 Å². The molecule has 6 nitrogen and oxygen atoms in total. The molecule has 2 aromatic rings. The van der Waals surface area contributed by atoms with Crippen molar-refractivity contribution in [2.24, 2.45) is 0 Å². The summed E-state index contributed by atoms with van der Waals surface area (Å²) in [5, 5.41) is 39.9. The highest BCUT2D eigenvalue weighted by atomic mass is 35.5. The Morgan fingerprint density at radius 2 is 1.93 bits per heavy atom. The maximum absolute atomic E-state index is 10.6. The molecule has 2 aromatic carbocycles. The lowest BCUT2D eigenvalue weighted by Crippen LogP contribution is -2.55. The van der Waals surface area contributed by atoms with Crippen LogP contribution in [0.4, 0.5) is 0 Å². The Morgan fingerprint density at radius 3 is 2.61 bits per heavy atom. The lowest BCUT2D eigenvalue weighted by molar-refractivity contribution is -0.231. The molecule has 1 fully saturated rings. The number of aliphatic hydroxyl groups excluding tert-OH is 4. The average Bonchev–Trinajstić information content (AvgIpc) is 2.88. The molecule has 3 rings (SSSR count). The molecule has 0 aromatic heterocycles. The Bertz CT molecular complexity index is 1330. The molecule has 152 valence electrons. The van der Waals surface area contributed by atoms with Crippen molar-refractivity contribution < 1.29 is 47.7 Å². The zero-order chi connectivity index (χ0) is 31.6. The Labute approximate surface area is 187 Å². The predicted octanol–water partition coefficient (Wildman–Crippen LogP) is 1.84. The molecule has 0 radical (unpaired) electrons. The van der Waals surface area contributed by atoms with Gasteiger partial charge in [0.2, 0.25) is 0 Å². The number of hydrogen-bond acceptors (Lipinski definition) is 6. The van der Waals surface area contributed by atoms with E-state index in [0.29, 0.717) is 0 Å². The number of halogens is 1. The summed E-state index contributed by atoms with van der Waals surface area (Å²) in [7, 11) is 0. The van der Waals surface area contributed by atoms with Crippen LogP contribution in [-0.4, -0.2) is 58.0 Å². The van der Waals surface area contributed by atoms with E-state index in [1.165, 1.54) is 0 Å². The summed E-state index contributed by atoms with van der Waals surface area (Å²) >= 11 is 6.23.